The highest BCUT2D eigenvalue weighted by molar-refractivity contribution is 5.95. The highest BCUT2D eigenvalue weighted by atomic mass is 16.3. The van der Waals surface area contributed by atoms with Gasteiger partial charge in [0.1, 0.15) is 0 Å². The van der Waals surface area contributed by atoms with Crippen LogP contribution in [-0.2, 0) is 6.42 Å². The molecule has 0 spiro atoms. The van der Waals surface area contributed by atoms with Crippen LogP contribution >= 0.6 is 0 Å². The van der Waals surface area contributed by atoms with E-state index >= 15 is 0 Å². The third kappa shape index (κ3) is 3.21. The van der Waals surface area contributed by atoms with Crippen LogP contribution in [0.3, 0.4) is 0 Å². The number of carbonyl (C=O) groups is 1. The summed E-state index contributed by atoms with van der Waals surface area (Å²) in [5.41, 5.74) is 3.24. The summed E-state index contributed by atoms with van der Waals surface area (Å²) in [7, 11) is 0. The van der Waals surface area contributed by atoms with Crippen LogP contribution in [0.4, 0.5) is 5.69 Å². The van der Waals surface area contributed by atoms with Crippen LogP contribution in [0.25, 0.3) is 0 Å². The lowest BCUT2D eigenvalue weighted by Gasteiger charge is -2.33. The molecule has 0 bridgehead atoms. The van der Waals surface area contributed by atoms with E-state index in [1.54, 1.807) is 0 Å². The zero-order chi connectivity index (χ0) is 14.7. The number of aliphatic hydroxyl groups is 1. The molecule has 0 aromatic heterocycles. The van der Waals surface area contributed by atoms with Gasteiger partial charge in [-0.25, -0.2) is 0 Å². The summed E-state index contributed by atoms with van der Waals surface area (Å²) in [5.74, 6) is 0.595. The van der Waals surface area contributed by atoms with Crippen molar-refractivity contribution in [3.63, 3.8) is 0 Å². The number of nitrogens with one attached hydrogen (secondary N) is 1. The van der Waals surface area contributed by atoms with Crippen LogP contribution < -0.4 is 5.32 Å². The topological polar surface area (TPSA) is 52.6 Å². The lowest BCUT2D eigenvalue weighted by Crippen LogP contribution is -2.40. The fourth-order valence-corrected chi connectivity index (χ4v) is 3.46. The van der Waals surface area contributed by atoms with Gasteiger partial charge in [-0.3, -0.25) is 4.79 Å². The Kier molecular flexibility index (Phi) is 4.44. The standard InChI is InChI=1S/C17H24N2O2/c20-10-7-13-3-2-9-19(12-13)17(21)15-5-6-16-14(11-15)4-1-8-18-16/h5-6,11,13,18,20H,1-4,7-10,12H2. The van der Waals surface area contributed by atoms with Crippen LogP contribution in [0.1, 0.15) is 41.6 Å². The van der Waals surface area contributed by atoms with Gasteiger partial charge in [0.15, 0.2) is 0 Å². The van der Waals surface area contributed by atoms with E-state index in [1.807, 2.05) is 17.0 Å². The number of aryl methyl sites for hydroxylation is 1. The van der Waals surface area contributed by atoms with Gasteiger partial charge in [-0.05, 0) is 61.8 Å². The van der Waals surface area contributed by atoms with Crippen molar-refractivity contribution in [2.24, 2.45) is 5.92 Å². The van der Waals surface area contributed by atoms with E-state index in [-0.39, 0.29) is 12.5 Å². The number of piperidine rings is 1. The molecule has 0 aliphatic carbocycles. The molecule has 4 nitrogen and oxygen atoms in total. The molecule has 2 aliphatic heterocycles. The quantitative estimate of drug-likeness (QED) is 0.897. The summed E-state index contributed by atoms with van der Waals surface area (Å²) >= 11 is 0. The first-order valence-corrected chi connectivity index (χ1v) is 8.05. The monoisotopic (exact) mass is 288 g/mol. The number of hydrogen-bond donors (Lipinski definition) is 2. The largest absolute Gasteiger partial charge is 0.396 e. The van der Waals surface area contributed by atoms with Gasteiger partial charge in [0.05, 0.1) is 0 Å². The molecule has 1 aromatic rings. The van der Waals surface area contributed by atoms with E-state index in [9.17, 15) is 4.79 Å². The maximum absolute atomic E-state index is 12.7. The van der Waals surface area contributed by atoms with Gasteiger partial charge in [-0.1, -0.05) is 0 Å². The lowest BCUT2D eigenvalue weighted by molar-refractivity contribution is 0.0653. The van der Waals surface area contributed by atoms with E-state index in [0.29, 0.717) is 5.92 Å². The Labute approximate surface area is 126 Å². The van der Waals surface area contributed by atoms with Crippen molar-refractivity contribution in [3.05, 3.63) is 29.3 Å². The zero-order valence-electron chi connectivity index (χ0n) is 12.5. The van der Waals surface area contributed by atoms with Gasteiger partial charge in [-0.15, -0.1) is 0 Å². The van der Waals surface area contributed by atoms with Gasteiger partial charge in [0.2, 0.25) is 0 Å². The zero-order valence-corrected chi connectivity index (χ0v) is 12.5. The van der Waals surface area contributed by atoms with E-state index in [2.05, 4.69) is 11.4 Å². The molecule has 0 saturated carbocycles. The van der Waals surface area contributed by atoms with Crippen LogP contribution in [0.2, 0.25) is 0 Å². The number of hydrogen-bond acceptors (Lipinski definition) is 3. The van der Waals surface area contributed by atoms with Crippen molar-refractivity contribution in [1.82, 2.24) is 4.90 Å². The summed E-state index contributed by atoms with van der Waals surface area (Å²) < 4.78 is 0. The Bertz CT molecular complexity index is 514. The highest BCUT2D eigenvalue weighted by Crippen LogP contribution is 2.25. The summed E-state index contributed by atoms with van der Waals surface area (Å²) in [4.78, 5) is 14.6. The second-order valence-corrected chi connectivity index (χ2v) is 6.17. The molecular weight excluding hydrogens is 264 g/mol. The normalized spacial score (nSPS) is 21.6. The van der Waals surface area contributed by atoms with E-state index in [0.717, 1.165) is 57.3 Å². The maximum atomic E-state index is 12.7. The van der Waals surface area contributed by atoms with Crippen LogP contribution in [0, 0.1) is 5.92 Å². The van der Waals surface area contributed by atoms with Gasteiger partial charge in [0.25, 0.3) is 5.91 Å². The smallest absolute Gasteiger partial charge is 0.253 e. The first-order chi connectivity index (χ1) is 10.3. The Morgan fingerprint density at radius 1 is 1.38 bits per heavy atom. The number of amides is 1. The molecule has 1 saturated heterocycles. The summed E-state index contributed by atoms with van der Waals surface area (Å²) in [6.07, 6.45) is 5.16. The van der Waals surface area contributed by atoms with Crippen LogP contribution in [-0.4, -0.2) is 42.2 Å². The lowest BCUT2D eigenvalue weighted by atomic mass is 9.94. The Morgan fingerprint density at radius 2 is 2.29 bits per heavy atom. The highest BCUT2D eigenvalue weighted by Gasteiger charge is 2.24. The van der Waals surface area contributed by atoms with E-state index in [1.165, 1.54) is 11.3 Å². The van der Waals surface area contributed by atoms with Crippen molar-refractivity contribution in [2.75, 3.05) is 31.6 Å². The third-order valence-electron chi connectivity index (χ3n) is 4.63. The number of nitrogens with zero attached hydrogens (tertiary/aromatic N) is 1. The molecule has 2 N–H and O–H groups in total. The minimum Gasteiger partial charge on any atom is -0.396 e. The molecule has 4 heteroatoms. The van der Waals surface area contributed by atoms with E-state index in [4.69, 9.17) is 5.11 Å². The molecule has 3 rings (SSSR count). The summed E-state index contributed by atoms with van der Waals surface area (Å²) in [5, 5.41) is 12.5. The summed E-state index contributed by atoms with van der Waals surface area (Å²) in [6.45, 7) is 2.87. The number of carbonyl (C=O) groups excluding carboxylic acids is 1. The predicted octanol–water partition coefficient (Wildman–Crippen LogP) is 2.28. The fourth-order valence-electron chi connectivity index (χ4n) is 3.46. The Hall–Kier alpha value is -1.55. The first-order valence-electron chi connectivity index (χ1n) is 8.05. The molecular formula is C17H24N2O2. The van der Waals surface area contributed by atoms with Crippen molar-refractivity contribution in [2.45, 2.75) is 32.1 Å². The molecule has 21 heavy (non-hydrogen) atoms. The number of likely N-dealkylation sites (tertiary alicyclic amines) is 1. The molecule has 2 heterocycles. The van der Waals surface area contributed by atoms with Gasteiger partial charge < -0.3 is 15.3 Å². The SMILES string of the molecule is O=C(c1ccc2c(c1)CCCN2)N1CCCC(CCO)C1. The molecule has 2 aliphatic rings. The number of anilines is 1. The molecule has 1 atom stereocenters. The van der Waals surface area contributed by atoms with Crippen molar-refractivity contribution in [3.8, 4) is 0 Å². The molecule has 1 fully saturated rings. The number of rotatable bonds is 3. The number of benzene rings is 1. The minimum atomic E-state index is 0.144. The van der Waals surface area contributed by atoms with Gasteiger partial charge in [-0.2, -0.15) is 0 Å². The molecule has 0 radical (unpaired) electrons. The van der Waals surface area contributed by atoms with E-state index < -0.39 is 0 Å². The fraction of sp³-hybridized carbons (Fsp3) is 0.588. The Morgan fingerprint density at radius 3 is 3.14 bits per heavy atom. The molecule has 1 aromatic carbocycles. The van der Waals surface area contributed by atoms with Gasteiger partial charge in [0, 0.05) is 37.5 Å². The number of fused-ring (bicyclic) bond motifs is 1. The first kappa shape index (κ1) is 14.4. The minimum absolute atomic E-state index is 0.144. The van der Waals surface area contributed by atoms with Crippen molar-refractivity contribution < 1.29 is 9.90 Å². The Balaban J connectivity index is 1.72. The molecule has 1 amide bonds. The average Bonchev–Trinajstić information content (AvgIpc) is 2.54. The summed E-state index contributed by atoms with van der Waals surface area (Å²) in [6, 6.07) is 6.03. The second-order valence-electron chi connectivity index (χ2n) is 6.17. The molecule has 1 unspecified atom stereocenters. The van der Waals surface area contributed by atoms with Crippen molar-refractivity contribution >= 4 is 11.6 Å². The average molecular weight is 288 g/mol. The van der Waals surface area contributed by atoms with Crippen molar-refractivity contribution in [1.29, 1.82) is 0 Å². The maximum Gasteiger partial charge on any atom is 0.253 e. The molecule has 114 valence electrons. The van der Waals surface area contributed by atoms with Crippen LogP contribution in [0.15, 0.2) is 18.2 Å². The third-order valence-corrected chi connectivity index (χ3v) is 4.63. The van der Waals surface area contributed by atoms with Crippen LogP contribution in [0.5, 0.6) is 0 Å². The predicted molar refractivity (Wildman–Crippen MR) is 83.6 cm³/mol. The number of aliphatic hydroxyl groups excluding tert-OH is 1. The second kappa shape index (κ2) is 6.48. The van der Waals surface area contributed by atoms with Gasteiger partial charge >= 0.3 is 0 Å².